The minimum atomic E-state index is -0.941. The van der Waals surface area contributed by atoms with Crippen LogP contribution in [0.15, 0.2) is 24.3 Å². The van der Waals surface area contributed by atoms with Crippen LogP contribution in [0.4, 0.5) is 4.79 Å². The molecule has 6 heteroatoms. The zero-order valence-electron chi connectivity index (χ0n) is 11.2. The molecule has 1 saturated heterocycles. The molecule has 2 N–H and O–H groups in total. The van der Waals surface area contributed by atoms with Crippen molar-refractivity contribution in [1.82, 2.24) is 10.2 Å². The maximum absolute atomic E-state index is 11.8. The largest absolute Gasteiger partial charge is 0.478 e. The van der Waals surface area contributed by atoms with E-state index in [9.17, 15) is 9.59 Å². The Kier molecular flexibility index (Phi) is 4.95. The molecule has 2 rings (SSSR count). The van der Waals surface area contributed by atoms with E-state index in [0.29, 0.717) is 39.3 Å². The smallest absolute Gasteiger partial charge is 0.335 e. The van der Waals surface area contributed by atoms with Crippen molar-refractivity contribution in [3.05, 3.63) is 35.4 Å². The Morgan fingerprint density at radius 3 is 2.75 bits per heavy atom. The Morgan fingerprint density at radius 1 is 1.30 bits per heavy atom. The first kappa shape index (κ1) is 14.3. The van der Waals surface area contributed by atoms with Crippen LogP contribution in [-0.4, -0.2) is 54.9 Å². The number of carbonyl (C=O) groups excluding carboxylic acids is 1. The summed E-state index contributed by atoms with van der Waals surface area (Å²) in [6, 6.07) is 6.65. The maximum atomic E-state index is 11.8. The number of carboxylic acids is 1. The van der Waals surface area contributed by atoms with Crippen molar-refractivity contribution in [2.24, 2.45) is 0 Å². The molecule has 6 nitrogen and oxygen atoms in total. The number of hydrogen-bond donors (Lipinski definition) is 2. The third kappa shape index (κ3) is 3.96. The topological polar surface area (TPSA) is 78.9 Å². The van der Waals surface area contributed by atoms with E-state index in [0.717, 1.165) is 5.56 Å². The number of carbonyl (C=O) groups is 2. The van der Waals surface area contributed by atoms with Crippen LogP contribution >= 0.6 is 0 Å². The predicted octanol–water partition coefficient (Wildman–Crippen LogP) is 0.969. The summed E-state index contributed by atoms with van der Waals surface area (Å²) in [5, 5.41) is 11.7. The summed E-state index contributed by atoms with van der Waals surface area (Å²) in [6.45, 7) is 2.86. The van der Waals surface area contributed by atoms with Gasteiger partial charge in [-0.15, -0.1) is 0 Å². The molecule has 1 aromatic rings. The number of urea groups is 1. The van der Waals surface area contributed by atoms with Crippen molar-refractivity contribution in [3.8, 4) is 0 Å². The molecule has 1 aliphatic rings. The van der Waals surface area contributed by atoms with Crippen LogP contribution in [0.1, 0.15) is 15.9 Å². The van der Waals surface area contributed by atoms with Gasteiger partial charge >= 0.3 is 12.0 Å². The van der Waals surface area contributed by atoms with Crippen molar-refractivity contribution >= 4 is 12.0 Å². The number of nitrogens with zero attached hydrogens (tertiary/aromatic N) is 1. The second-order valence-corrected chi connectivity index (χ2v) is 4.59. The van der Waals surface area contributed by atoms with Crippen LogP contribution in [0, 0.1) is 0 Å². The monoisotopic (exact) mass is 278 g/mol. The third-order valence-corrected chi connectivity index (χ3v) is 3.16. The van der Waals surface area contributed by atoms with Gasteiger partial charge in [-0.2, -0.15) is 0 Å². The fraction of sp³-hybridized carbons (Fsp3) is 0.429. The Hall–Kier alpha value is -2.08. The van der Waals surface area contributed by atoms with E-state index in [-0.39, 0.29) is 11.6 Å². The summed E-state index contributed by atoms with van der Waals surface area (Å²) in [7, 11) is 0. The number of ether oxygens (including phenoxy) is 1. The molecule has 0 aromatic heterocycles. The molecule has 0 radical (unpaired) electrons. The van der Waals surface area contributed by atoms with Crippen LogP contribution < -0.4 is 5.32 Å². The Morgan fingerprint density at radius 2 is 2.05 bits per heavy atom. The van der Waals surface area contributed by atoms with Crippen molar-refractivity contribution in [3.63, 3.8) is 0 Å². The lowest BCUT2D eigenvalue weighted by Gasteiger charge is -2.26. The molecule has 0 saturated carbocycles. The Bertz CT molecular complexity index is 484. The fourth-order valence-electron chi connectivity index (χ4n) is 2.05. The molecule has 2 amide bonds. The fourth-order valence-corrected chi connectivity index (χ4v) is 2.05. The van der Waals surface area contributed by atoms with Gasteiger partial charge in [0.1, 0.15) is 0 Å². The average molecular weight is 278 g/mol. The highest BCUT2D eigenvalue weighted by Gasteiger charge is 2.15. The zero-order chi connectivity index (χ0) is 14.4. The Balaban J connectivity index is 1.79. The second kappa shape index (κ2) is 6.91. The molecule has 0 spiro atoms. The summed E-state index contributed by atoms with van der Waals surface area (Å²) in [6.07, 6.45) is 0.608. The highest BCUT2D eigenvalue weighted by Crippen LogP contribution is 2.06. The van der Waals surface area contributed by atoms with Crippen molar-refractivity contribution < 1.29 is 19.4 Å². The van der Waals surface area contributed by atoms with Gasteiger partial charge in [-0.1, -0.05) is 12.1 Å². The molecule has 0 bridgehead atoms. The SMILES string of the molecule is O=C(O)c1cccc(CCNC(=O)N2CCOCC2)c1. The summed E-state index contributed by atoms with van der Waals surface area (Å²) in [5.41, 5.74) is 1.16. The standard InChI is InChI=1S/C14H18N2O4/c17-13(18)12-3-1-2-11(10-12)4-5-15-14(19)16-6-8-20-9-7-16/h1-3,10H,4-9H2,(H,15,19)(H,17,18). The van der Waals surface area contributed by atoms with Crippen LogP contribution in [0.2, 0.25) is 0 Å². The number of rotatable bonds is 4. The van der Waals surface area contributed by atoms with E-state index in [1.54, 1.807) is 23.1 Å². The first-order valence-corrected chi connectivity index (χ1v) is 6.59. The lowest BCUT2D eigenvalue weighted by molar-refractivity contribution is 0.0533. The van der Waals surface area contributed by atoms with E-state index >= 15 is 0 Å². The predicted molar refractivity (Wildman–Crippen MR) is 72.9 cm³/mol. The molecule has 1 aromatic carbocycles. The van der Waals surface area contributed by atoms with E-state index in [1.165, 1.54) is 0 Å². The van der Waals surface area contributed by atoms with Crippen molar-refractivity contribution in [2.45, 2.75) is 6.42 Å². The number of benzene rings is 1. The summed E-state index contributed by atoms with van der Waals surface area (Å²) >= 11 is 0. The highest BCUT2D eigenvalue weighted by molar-refractivity contribution is 5.87. The molecule has 1 heterocycles. The molecule has 0 atom stereocenters. The third-order valence-electron chi connectivity index (χ3n) is 3.16. The highest BCUT2D eigenvalue weighted by atomic mass is 16.5. The van der Waals surface area contributed by atoms with Crippen LogP contribution in [0.3, 0.4) is 0 Å². The number of aromatic carboxylic acids is 1. The van der Waals surface area contributed by atoms with Crippen molar-refractivity contribution in [2.75, 3.05) is 32.8 Å². The van der Waals surface area contributed by atoms with Gasteiger partial charge in [0.25, 0.3) is 0 Å². The molecule has 108 valence electrons. The van der Waals surface area contributed by atoms with E-state index in [1.807, 2.05) is 6.07 Å². The van der Waals surface area contributed by atoms with E-state index in [4.69, 9.17) is 9.84 Å². The molecular formula is C14H18N2O4. The van der Waals surface area contributed by atoms with E-state index in [2.05, 4.69) is 5.32 Å². The van der Waals surface area contributed by atoms with Crippen LogP contribution in [0.5, 0.6) is 0 Å². The first-order chi connectivity index (χ1) is 9.66. The summed E-state index contributed by atoms with van der Waals surface area (Å²) < 4.78 is 5.18. The van der Waals surface area contributed by atoms with E-state index < -0.39 is 5.97 Å². The first-order valence-electron chi connectivity index (χ1n) is 6.59. The Labute approximate surface area is 117 Å². The van der Waals surface area contributed by atoms with Gasteiger partial charge in [-0.3, -0.25) is 0 Å². The van der Waals surface area contributed by atoms with Crippen LogP contribution in [-0.2, 0) is 11.2 Å². The van der Waals surface area contributed by atoms with Crippen LogP contribution in [0.25, 0.3) is 0 Å². The number of nitrogens with one attached hydrogen (secondary N) is 1. The van der Waals surface area contributed by atoms with Gasteiger partial charge in [-0.25, -0.2) is 9.59 Å². The summed E-state index contributed by atoms with van der Waals surface area (Å²) in [5.74, 6) is -0.941. The zero-order valence-corrected chi connectivity index (χ0v) is 11.2. The van der Waals surface area contributed by atoms with Gasteiger partial charge < -0.3 is 20.1 Å². The van der Waals surface area contributed by atoms with Gasteiger partial charge in [-0.05, 0) is 24.1 Å². The number of carboxylic acid groups (broad SMARTS) is 1. The average Bonchev–Trinajstić information content (AvgIpc) is 2.48. The lowest BCUT2D eigenvalue weighted by Crippen LogP contribution is -2.46. The molecule has 0 unspecified atom stereocenters. The molecule has 1 aliphatic heterocycles. The lowest BCUT2D eigenvalue weighted by atomic mass is 10.1. The minimum Gasteiger partial charge on any atom is -0.478 e. The number of amides is 2. The number of hydrogen-bond acceptors (Lipinski definition) is 3. The normalized spacial score (nSPS) is 14.9. The van der Waals surface area contributed by atoms with Gasteiger partial charge in [0, 0.05) is 19.6 Å². The minimum absolute atomic E-state index is 0.0947. The van der Waals surface area contributed by atoms with Gasteiger partial charge in [0.15, 0.2) is 0 Å². The summed E-state index contributed by atoms with van der Waals surface area (Å²) in [4.78, 5) is 24.4. The maximum Gasteiger partial charge on any atom is 0.335 e. The second-order valence-electron chi connectivity index (χ2n) is 4.59. The molecular weight excluding hydrogens is 260 g/mol. The molecule has 0 aliphatic carbocycles. The van der Waals surface area contributed by atoms with Crippen molar-refractivity contribution in [1.29, 1.82) is 0 Å². The van der Waals surface area contributed by atoms with Gasteiger partial charge in [0.2, 0.25) is 0 Å². The van der Waals surface area contributed by atoms with Gasteiger partial charge in [0.05, 0.1) is 18.8 Å². The quantitative estimate of drug-likeness (QED) is 0.860. The number of morpholine rings is 1. The molecule has 20 heavy (non-hydrogen) atoms. The molecule has 1 fully saturated rings.